The number of carbonyl (C=O) groups excluding carboxylic acids is 1. The molecule has 1 N–H and O–H groups in total. The normalized spacial score (nSPS) is 15.9. The van der Waals surface area contributed by atoms with Crippen LogP contribution in [-0.2, 0) is 11.2 Å². The molecule has 4 nitrogen and oxygen atoms in total. The molecule has 0 radical (unpaired) electrons. The zero-order chi connectivity index (χ0) is 12.6. The largest absolute Gasteiger partial charge is 0.273 e. The van der Waals surface area contributed by atoms with Crippen LogP contribution in [0, 0.1) is 0 Å². The average Bonchev–Trinajstić information content (AvgIpc) is 2.66. The fourth-order valence-corrected chi connectivity index (χ4v) is 2.12. The van der Waals surface area contributed by atoms with Crippen molar-refractivity contribution in [3.63, 3.8) is 0 Å². The van der Waals surface area contributed by atoms with Crippen LogP contribution in [0.25, 0.3) is 0 Å². The number of hydrazone groups is 1. The molecular formula is C14H19N3O. The molecular weight excluding hydrogens is 226 g/mol. The zero-order valence-corrected chi connectivity index (χ0v) is 10.6. The number of nitrogens with one attached hydrogen (secondary N) is 1. The highest BCUT2D eigenvalue weighted by atomic mass is 16.2. The minimum Gasteiger partial charge on any atom is -0.273 e. The van der Waals surface area contributed by atoms with Crippen LogP contribution < -0.4 is 5.43 Å². The first kappa shape index (κ1) is 12.7. The van der Waals surface area contributed by atoms with E-state index in [2.05, 4.69) is 15.5 Å². The molecule has 1 saturated carbocycles. The Morgan fingerprint density at radius 1 is 1.28 bits per heavy atom. The number of carbonyl (C=O) groups is 1. The number of hydrogen-bond acceptors (Lipinski definition) is 3. The number of hydrogen-bond donors (Lipinski definition) is 1. The van der Waals surface area contributed by atoms with E-state index in [9.17, 15) is 4.79 Å². The van der Waals surface area contributed by atoms with E-state index in [0.29, 0.717) is 6.42 Å². The van der Waals surface area contributed by atoms with Crippen molar-refractivity contribution < 1.29 is 4.79 Å². The van der Waals surface area contributed by atoms with E-state index in [-0.39, 0.29) is 5.91 Å². The Labute approximate surface area is 108 Å². The smallest absolute Gasteiger partial charge is 0.244 e. The molecule has 1 aliphatic rings. The number of rotatable bonds is 3. The molecule has 1 aromatic rings. The molecule has 0 unspecified atom stereocenters. The highest BCUT2D eigenvalue weighted by Gasteiger charge is 2.07. The molecule has 96 valence electrons. The standard InChI is InChI=1S/C14H19N3O/c18-14(10-12-6-5-9-15-11-12)17-16-13-7-3-1-2-4-8-13/h5-6,9,11H,1-4,7-8,10H2,(H,17,18). The number of aromatic nitrogens is 1. The maximum absolute atomic E-state index is 11.7. The van der Waals surface area contributed by atoms with Crippen LogP contribution >= 0.6 is 0 Å². The molecule has 0 atom stereocenters. The summed E-state index contributed by atoms with van der Waals surface area (Å²) >= 11 is 0. The van der Waals surface area contributed by atoms with E-state index in [1.165, 1.54) is 25.7 Å². The van der Waals surface area contributed by atoms with Gasteiger partial charge in [0, 0.05) is 18.1 Å². The van der Waals surface area contributed by atoms with Crippen LogP contribution in [0.3, 0.4) is 0 Å². The number of pyridine rings is 1. The van der Waals surface area contributed by atoms with Crippen molar-refractivity contribution in [2.45, 2.75) is 44.9 Å². The van der Waals surface area contributed by atoms with Crippen LogP contribution in [-0.4, -0.2) is 16.6 Å². The molecule has 1 heterocycles. The van der Waals surface area contributed by atoms with Gasteiger partial charge in [0.2, 0.25) is 5.91 Å². The Morgan fingerprint density at radius 3 is 2.72 bits per heavy atom. The van der Waals surface area contributed by atoms with Crippen LogP contribution in [0.2, 0.25) is 0 Å². The van der Waals surface area contributed by atoms with E-state index in [1.807, 2.05) is 12.1 Å². The Kier molecular flexibility index (Phi) is 4.88. The van der Waals surface area contributed by atoms with Crippen LogP contribution in [0.15, 0.2) is 29.6 Å². The lowest BCUT2D eigenvalue weighted by Gasteiger charge is -2.03. The van der Waals surface area contributed by atoms with Crippen molar-refractivity contribution in [2.24, 2.45) is 5.10 Å². The minimum absolute atomic E-state index is 0.0697. The van der Waals surface area contributed by atoms with Gasteiger partial charge in [0.1, 0.15) is 0 Å². The van der Waals surface area contributed by atoms with Gasteiger partial charge in [-0.3, -0.25) is 9.78 Å². The lowest BCUT2D eigenvalue weighted by Crippen LogP contribution is -2.21. The molecule has 2 rings (SSSR count). The first-order valence-corrected chi connectivity index (χ1v) is 6.58. The van der Waals surface area contributed by atoms with Gasteiger partial charge in [0.15, 0.2) is 0 Å². The second kappa shape index (κ2) is 6.89. The molecule has 1 amide bonds. The van der Waals surface area contributed by atoms with E-state index < -0.39 is 0 Å². The summed E-state index contributed by atoms with van der Waals surface area (Å²) in [6, 6.07) is 3.73. The van der Waals surface area contributed by atoms with E-state index in [0.717, 1.165) is 24.1 Å². The predicted octanol–water partition coefficient (Wildman–Crippen LogP) is 2.45. The topological polar surface area (TPSA) is 54.4 Å². The average molecular weight is 245 g/mol. The van der Waals surface area contributed by atoms with Gasteiger partial charge in [0.05, 0.1) is 6.42 Å². The Hall–Kier alpha value is -1.71. The fraction of sp³-hybridized carbons (Fsp3) is 0.500. The summed E-state index contributed by atoms with van der Waals surface area (Å²) in [6.07, 6.45) is 10.7. The molecule has 1 aromatic heterocycles. The minimum atomic E-state index is -0.0697. The van der Waals surface area contributed by atoms with Crippen molar-refractivity contribution in [3.8, 4) is 0 Å². The maximum Gasteiger partial charge on any atom is 0.244 e. The Morgan fingerprint density at radius 2 is 2.06 bits per heavy atom. The third-order valence-corrected chi connectivity index (χ3v) is 3.11. The number of amides is 1. The van der Waals surface area contributed by atoms with Gasteiger partial charge in [-0.2, -0.15) is 5.10 Å². The van der Waals surface area contributed by atoms with Gasteiger partial charge in [-0.05, 0) is 37.3 Å². The van der Waals surface area contributed by atoms with Crippen molar-refractivity contribution >= 4 is 11.6 Å². The van der Waals surface area contributed by atoms with Crippen molar-refractivity contribution in [1.82, 2.24) is 10.4 Å². The quantitative estimate of drug-likeness (QED) is 0.657. The lowest BCUT2D eigenvalue weighted by molar-refractivity contribution is -0.120. The third kappa shape index (κ3) is 4.28. The lowest BCUT2D eigenvalue weighted by atomic mass is 10.2. The van der Waals surface area contributed by atoms with Crippen LogP contribution in [0.5, 0.6) is 0 Å². The van der Waals surface area contributed by atoms with Gasteiger partial charge in [-0.1, -0.05) is 18.9 Å². The zero-order valence-electron chi connectivity index (χ0n) is 10.6. The summed E-state index contributed by atoms with van der Waals surface area (Å²) in [5.74, 6) is -0.0697. The monoisotopic (exact) mass is 245 g/mol. The van der Waals surface area contributed by atoms with Gasteiger partial charge in [-0.15, -0.1) is 0 Å². The molecule has 18 heavy (non-hydrogen) atoms. The van der Waals surface area contributed by atoms with Gasteiger partial charge < -0.3 is 0 Å². The molecule has 0 aromatic carbocycles. The highest BCUT2D eigenvalue weighted by Crippen LogP contribution is 2.14. The summed E-state index contributed by atoms with van der Waals surface area (Å²) < 4.78 is 0. The molecule has 0 bridgehead atoms. The fourth-order valence-electron chi connectivity index (χ4n) is 2.12. The maximum atomic E-state index is 11.7. The molecule has 1 aliphatic carbocycles. The second-order valence-corrected chi connectivity index (χ2v) is 4.67. The Balaban J connectivity index is 1.82. The molecule has 4 heteroatoms. The van der Waals surface area contributed by atoms with Gasteiger partial charge in [-0.25, -0.2) is 5.43 Å². The SMILES string of the molecule is O=C(Cc1cccnc1)NN=C1CCCCCC1. The summed E-state index contributed by atoms with van der Waals surface area (Å²) in [5, 5.41) is 4.24. The van der Waals surface area contributed by atoms with Gasteiger partial charge in [0.25, 0.3) is 0 Å². The molecule has 0 aliphatic heterocycles. The van der Waals surface area contributed by atoms with Crippen molar-refractivity contribution in [1.29, 1.82) is 0 Å². The number of nitrogens with zero attached hydrogens (tertiary/aromatic N) is 2. The van der Waals surface area contributed by atoms with E-state index in [4.69, 9.17) is 0 Å². The molecule has 0 saturated heterocycles. The van der Waals surface area contributed by atoms with E-state index in [1.54, 1.807) is 12.4 Å². The molecule has 0 spiro atoms. The predicted molar refractivity (Wildman–Crippen MR) is 71.2 cm³/mol. The highest BCUT2D eigenvalue weighted by molar-refractivity contribution is 5.86. The summed E-state index contributed by atoms with van der Waals surface area (Å²) in [7, 11) is 0. The summed E-state index contributed by atoms with van der Waals surface area (Å²) in [4.78, 5) is 15.7. The second-order valence-electron chi connectivity index (χ2n) is 4.67. The summed E-state index contributed by atoms with van der Waals surface area (Å²) in [5.41, 5.74) is 4.69. The van der Waals surface area contributed by atoms with Crippen LogP contribution in [0.1, 0.15) is 44.1 Å². The van der Waals surface area contributed by atoms with Gasteiger partial charge >= 0.3 is 0 Å². The van der Waals surface area contributed by atoms with Crippen molar-refractivity contribution in [2.75, 3.05) is 0 Å². The van der Waals surface area contributed by atoms with Crippen molar-refractivity contribution in [3.05, 3.63) is 30.1 Å². The van der Waals surface area contributed by atoms with E-state index >= 15 is 0 Å². The Bertz CT molecular complexity index is 404. The third-order valence-electron chi connectivity index (χ3n) is 3.11. The first-order chi connectivity index (χ1) is 8.84. The first-order valence-electron chi connectivity index (χ1n) is 6.58. The van der Waals surface area contributed by atoms with Crippen LogP contribution in [0.4, 0.5) is 0 Å². The summed E-state index contributed by atoms with van der Waals surface area (Å²) in [6.45, 7) is 0. The molecule has 1 fully saturated rings.